The van der Waals surface area contributed by atoms with Crippen LogP contribution < -0.4 is 0 Å². The summed E-state index contributed by atoms with van der Waals surface area (Å²) in [5.74, 6) is -0.592. The van der Waals surface area contributed by atoms with Gasteiger partial charge in [0.2, 0.25) is 0 Å². The number of carbonyl (C=O) groups is 1. The van der Waals surface area contributed by atoms with E-state index >= 15 is 0 Å². The molecule has 21 heavy (non-hydrogen) atoms. The predicted molar refractivity (Wildman–Crippen MR) is 88.3 cm³/mol. The molecule has 0 heterocycles. The minimum Gasteiger partial charge on any atom is -0.294 e. The van der Waals surface area contributed by atoms with Crippen LogP contribution in [-0.4, -0.2) is 5.78 Å². The summed E-state index contributed by atoms with van der Waals surface area (Å²) in [6.07, 6.45) is 0.237. The van der Waals surface area contributed by atoms with Crippen molar-refractivity contribution in [2.45, 2.75) is 41.0 Å². The van der Waals surface area contributed by atoms with Crippen molar-refractivity contribution in [3.8, 4) is 0 Å². The summed E-state index contributed by atoms with van der Waals surface area (Å²) in [7, 11) is 0. The van der Waals surface area contributed by atoms with Crippen LogP contribution in [-0.2, 0) is 6.42 Å². The maximum atomic E-state index is 13.7. The van der Waals surface area contributed by atoms with Crippen molar-refractivity contribution in [2.24, 2.45) is 0 Å². The monoisotopic (exact) mass is 288 g/mol. The van der Waals surface area contributed by atoms with E-state index in [9.17, 15) is 9.18 Å². The Bertz CT molecular complexity index is 533. The molecule has 0 unspecified atom stereocenters. The Labute approximate surface area is 127 Å². The van der Waals surface area contributed by atoms with Crippen molar-refractivity contribution in [1.82, 2.24) is 0 Å². The molecule has 0 N–H and O–H groups in total. The molecule has 0 radical (unpaired) electrons. The van der Waals surface area contributed by atoms with Gasteiger partial charge < -0.3 is 0 Å². The minimum absolute atomic E-state index is 0.175. The molecule has 0 saturated carbocycles. The summed E-state index contributed by atoms with van der Waals surface area (Å²) in [5, 5.41) is 0. The average Bonchev–Trinajstić information content (AvgIpc) is 2.55. The van der Waals surface area contributed by atoms with Gasteiger partial charge in [0, 0.05) is 6.42 Å². The summed E-state index contributed by atoms with van der Waals surface area (Å²) in [6.45, 7) is 9.66. The quantitative estimate of drug-likeness (QED) is 0.671. The van der Waals surface area contributed by atoms with Gasteiger partial charge in [0.15, 0.2) is 5.78 Å². The molecule has 0 atom stereocenters. The zero-order valence-corrected chi connectivity index (χ0v) is 13.6. The third-order valence-electron chi connectivity index (χ3n) is 2.70. The molecule has 2 heteroatoms. The number of hydrogen-bond acceptors (Lipinski definition) is 1. The lowest BCUT2D eigenvalue weighted by Gasteiger charge is -2.04. The molecule has 0 bridgehead atoms. The first-order valence-corrected chi connectivity index (χ1v) is 7.50. The molecular weight excluding hydrogens is 263 g/mol. The van der Waals surface area contributed by atoms with Crippen LogP contribution in [0, 0.1) is 12.7 Å². The summed E-state index contributed by atoms with van der Waals surface area (Å²) in [4.78, 5) is 11.9. The molecule has 0 spiro atoms. The van der Waals surface area contributed by atoms with Crippen LogP contribution in [0.1, 0.15) is 49.2 Å². The van der Waals surface area contributed by atoms with Crippen LogP contribution in [0.4, 0.5) is 4.39 Å². The van der Waals surface area contributed by atoms with Crippen molar-refractivity contribution in [2.75, 3.05) is 0 Å². The second kappa shape index (κ2) is 10.8. The Kier molecular flexibility index (Phi) is 9.78. The third-order valence-corrected chi connectivity index (χ3v) is 2.70. The maximum Gasteiger partial charge on any atom is 0.170 e. The highest BCUT2D eigenvalue weighted by Gasteiger charge is 2.13. The minimum atomic E-state index is -0.409. The lowest BCUT2D eigenvalue weighted by atomic mass is 10.0. The van der Waals surface area contributed by atoms with Crippen molar-refractivity contribution in [3.05, 3.63) is 71.0 Å². The van der Waals surface area contributed by atoms with E-state index in [-0.39, 0.29) is 17.8 Å². The van der Waals surface area contributed by atoms with E-state index in [4.69, 9.17) is 0 Å². The van der Waals surface area contributed by atoms with Crippen LogP contribution in [0.5, 0.6) is 0 Å². The Morgan fingerprint density at radius 3 is 2.05 bits per heavy atom. The first kappa shape index (κ1) is 19.0. The number of Topliss-reactive ketones (excluding diaryl/α,β-unsaturated/α-hetero) is 1. The van der Waals surface area contributed by atoms with E-state index < -0.39 is 5.82 Å². The van der Waals surface area contributed by atoms with Crippen molar-refractivity contribution in [1.29, 1.82) is 0 Å². The number of aryl methyl sites for hydroxylation is 1. The number of carbonyl (C=O) groups excluding carboxylic acids is 1. The molecule has 0 aromatic heterocycles. The molecule has 2 aromatic carbocycles. The summed E-state index contributed by atoms with van der Waals surface area (Å²) >= 11 is 0. The number of rotatable bonds is 3. The summed E-state index contributed by atoms with van der Waals surface area (Å²) in [5.41, 5.74) is 1.58. The van der Waals surface area contributed by atoms with E-state index in [1.165, 1.54) is 6.07 Å². The van der Waals surface area contributed by atoms with Gasteiger partial charge in [-0.3, -0.25) is 4.79 Å². The Balaban J connectivity index is 0.000000921. The third kappa shape index (κ3) is 5.90. The largest absolute Gasteiger partial charge is 0.294 e. The molecule has 1 nitrogen and oxygen atoms in total. The van der Waals surface area contributed by atoms with Gasteiger partial charge >= 0.3 is 0 Å². The fourth-order valence-electron chi connectivity index (χ4n) is 1.74. The SMILES string of the molecule is CC.CC.Cc1cccc(C(=O)Cc2ccccc2)c1F. The standard InChI is InChI=1S/C15H13FO.2C2H6/c1-11-6-5-9-13(15(11)16)14(17)10-12-7-3-2-4-8-12;2*1-2/h2-9H,10H2,1H3;2*1-2H3. The average molecular weight is 288 g/mol. The highest BCUT2D eigenvalue weighted by atomic mass is 19.1. The lowest BCUT2D eigenvalue weighted by Crippen LogP contribution is -2.07. The molecule has 114 valence electrons. The van der Waals surface area contributed by atoms with Crippen LogP contribution in [0.25, 0.3) is 0 Å². The molecular formula is C19H25FO. The molecule has 0 fully saturated rings. The van der Waals surface area contributed by atoms with Gasteiger partial charge in [0.05, 0.1) is 5.56 Å². The van der Waals surface area contributed by atoms with Crippen LogP contribution >= 0.6 is 0 Å². The van der Waals surface area contributed by atoms with Crippen molar-refractivity contribution >= 4 is 5.78 Å². The van der Waals surface area contributed by atoms with Gasteiger partial charge in [-0.1, -0.05) is 70.2 Å². The zero-order chi connectivity index (χ0) is 16.3. The second-order valence-corrected chi connectivity index (χ2v) is 4.02. The van der Waals surface area contributed by atoms with Gasteiger partial charge in [0.25, 0.3) is 0 Å². The Hall–Kier alpha value is -1.96. The normalized spacial score (nSPS) is 8.86. The van der Waals surface area contributed by atoms with Crippen molar-refractivity contribution in [3.63, 3.8) is 0 Å². The number of halogens is 1. The summed E-state index contributed by atoms with van der Waals surface area (Å²) < 4.78 is 13.7. The van der Waals surface area contributed by atoms with Gasteiger partial charge in [-0.05, 0) is 24.1 Å². The molecule has 0 saturated heterocycles. The molecule has 0 amide bonds. The van der Waals surface area contributed by atoms with Crippen LogP contribution in [0.15, 0.2) is 48.5 Å². The number of ketones is 1. The van der Waals surface area contributed by atoms with Crippen LogP contribution in [0.2, 0.25) is 0 Å². The molecule has 2 rings (SSSR count). The smallest absolute Gasteiger partial charge is 0.170 e. The van der Waals surface area contributed by atoms with Gasteiger partial charge in [0.1, 0.15) is 5.82 Å². The fraction of sp³-hybridized carbons (Fsp3) is 0.316. The Morgan fingerprint density at radius 2 is 1.48 bits per heavy atom. The van der Waals surface area contributed by atoms with E-state index in [1.54, 1.807) is 19.1 Å². The van der Waals surface area contributed by atoms with Gasteiger partial charge in [-0.2, -0.15) is 0 Å². The molecule has 0 aliphatic rings. The highest BCUT2D eigenvalue weighted by Crippen LogP contribution is 2.14. The maximum absolute atomic E-state index is 13.7. The lowest BCUT2D eigenvalue weighted by molar-refractivity contribution is 0.0989. The zero-order valence-electron chi connectivity index (χ0n) is 13.6. The van der Waals surface area contributed by atoms with Gasteiger partial charge in [-0.25, -0.2) is 4.39 Å². The predicted octanol–water partition coefficient (Wildman–Crippen LogP) is 5.61. The molecule has 2 aromatic rings. The first-order valence-electron chi connectivity index (χ1n) is 7.50. The van der Waals surface area contributed by atoms with E-state index in [1.807, 2.05) is 58.0 Å². The topological polar surface area (TPSA) is 17.1 Å². The van der Waals surface area contributed by atoms with Gasteiger partial charge in [-0.15, -0.1) is 0 Å². The summed E-state index contributed by atoms with van der Waals surface area (Å²) in [6, 6.07) is 14.3. The van der Waals surface area contributed by atoms with Crippen LogP contribution in [0.3, 0.4) is 0 Å². The number of benzene rings is 2. The van der Waals surface area contributed by atoms with Crippen molar-refractivity contribution < 1.29 is 9.18 Å². The second-order valence-electron chi connectivity index (χ2n) is 4.02. The highest BCUT2D eigenvalue weighted by molar-refractivity contribution is 5.97. The fourth-order valence-corrected chi connectivity index (χ4v) is 1.74. The Morgan fingerprint density at radius 1 is 0.905 bits per heavy atom. The first-order chi connectivity index (χ1) is 10.2. The van der Waals surface area contributed by atoms with E-state index in [0.717, 1.165) is 5.56 Å². The molecule has 0 aliphatic heterocycles. The number of hydrogen-bond donors (Lipinski definition) is 0. The molecule has 0 aliphatic carbocycles. The van der Waals surface area contributed by atoms with E-state index in [2.05, 4.69) is 0 Å². The van der Waals surface area contributed by atoms with E-state index in [0.29, 0.717) is 5.56 Å².